The third kappa shape index (κ3) is 4.18. The number of carboxylic acid groups (broad SMARTS) is 1. The van der Waals surface area contributed by atoms with Gasteiger partial charge in [0.2, 0.25) is 0 Å². The maximum Gasteiger partial charge on any atom is 0.339 e. The molecule has 3 N–H and O–H groups in total. The number of nitrogens with zero attached hydrogens (tertiary/aromatic N) is 1. The van der Waals surface area contributed by atoms with Gasteiger partial charge in [0, 0.05) is 19.4 Å². The molecule has 0 fully saturated rings. The molecule has 0 aromatic carbocycles. The maximum absolute atomic E-state index is 11.3. The second-order valence-electron chi connectivity index (χ2n) is 4.42. The summed E-state index contributed by atoms with van der Waals surface area (Å²) in [5, 5.41) is 21.3. The first kappa shape index (κ1) is 15.4. The summed E-state index contributed by atoms with van der Waals surface area (Å²) in [6.07, 6.45) is 0.460. The number of hydrogen-bond donors (Lipinski definition) is 3. The molecule has 0 bridgehead atoms. The lowest BCUT2D eigenvalue weighted by atomic mass is 10.1. The molecule has 0 amide bonds. The molecule has 0 saturated heterocycles. The van der Waals surface area contributed by atoms with Gasteiger partial charge in [-0.25, -0.2) is 9.78 Å². The molecule has 0 aliphatic carbocycles. The lowest BCUT2D eigenvalue weighted by Gasteiger charge is -2.19. The topological polar surface area (TPSA) is 91.7 Å². The average Bonchev–Trinajstić information content (AvgIpc) is 2.27. The Morgan fingerprint density at radius 2 is 2.21 bits per heavy atom. The molecule has 0 radical (unpaired) electrons. The molecule has 6 nitrogen and oxygen atoms in total. The van der Waals surface area contributed by atoms with E-state index in [4.69, 9.17) is 9.84 Å². The Bertz CT molecular complexity index is 443. The fourth-order valence-corrected chi connectivity index (χ4v) is 1.96. The lowest BCUT2D eigenvalue weighted by Crippen LogP contribution is -2.28. The van der Waals surface area contributed by atoms with E-state index in [1.54, 1.807) is 27.0 Å². The number of carboxylic acids is 1. The Balaban J connectivity index is 3.06. The van der Waals surface area contributed by atoms with Crippen molar-refractivity contribution in [2.45, 2.75) is 26.3 Å². The number of ether oxygens (including phenoxy) is 1. The van der Waals surface area contributed by atoms with Crippen LogP contribution in [0.15, 0.2) is 6.07 Å². The van der Waals surface area contributed by atoms with Gasteiger partial charge in [0.15, 0.2) is 0 Å². The molecule has 6 heteroatoms. The van der Waals surface area contributed by atoms with E-state index in [1.807, 2.05) is 0 Å². The molecule has 106 valence electrons. The van der Waals surface area contributed by atoms with E-state index in [-0.39, 0.29) is 18.2 Å². The van der Waals surface area contributed by atoms with Gasteiger partial charge in [0.25, 0.3) is 0 Å². The quantitative estimate of drug-likeness (QED) is 0.688. The minimum atomic E-state index is -1.02. The van der Waals surface area contributed by atoms with Gasteiger partial charge in [-0.1, -0.05) is 0 Å². The summed E-state index contributed by atoms with van der Waals surface area (Å²) >= 11 is 0. The summed E-state index contributed by atoms with van der Waals surface area (Å²) in [5.41, 5.74) is 1.55. The molecule has 0 aliphatic heterocycles. The van der Waals surface area contributed by atoms with Crippen LogP contribution in [0.4, 0.5) is 5.82 Å². The van der Waals surface area contributed by atoms with Crippen LogP contribution < -0.4 is 5.32 Å². The zero-order chi connectivity index (χ0) is 14.4. The van der Waals surface area contributed by atoms with Crippen LogP contribution in [0, 0.1) is 13.8 Å². The fraction of sp³-hybridized carbons (Fsp3) is 0.538. The SMILES string of the molecule is COCC(CCO)Nc1nc(C)cc(C)c1C(=O)O. The van der Waals surface area contributed by atoms with Crippen molar-refractivity contribution in [3.05, 3.63) is 22.9 Å². The Morgan fingerprint density at radius 1 is 1.53 bits per heavy atom. The number of methoxy groups -OCH3 is 1. The minimum Gasteiger partial charge on any atom is -0.478 e. The van der Waals surface area contributed by atoms with Crippen molar-refractivity contribution in [1.29, 1.82) is 0 Å². The first-order chi connectivity index (χ1) is 8.99. The molecule has 1 rings (SSSR count). The summed E-state index contributed by atoms with van der Waals surface area (Å²) in [6.45, 7) is 3.91. The van der Waals surface area contributed by atoms with Gasteiger partial charge >= 0.3 is 5.97 Å². The number of aliphatic hydroxyl groups is 1. The van der Waals surface area contributed by atoms with Crippen molar-refractivity contribution >= 4 is 11.8 Å². The molecule has 1 atom stereocenters. The lowest BCUT2D eigenvalue weighted by molar-refractivity contribution is 0.0696. The van der Waals surface area contributed by atoms with Crippen LogP contribution >= 0.6 is 0 Å². The van der Waals surface area contributed by atoms with Crippen molar-refractivity contribution in [1.82, 2.24) is 4.98 Å². The highest BCUT2D eigenvalue weighted by atomic mass is 16.5. The highest BCUT2D eigenvalue weighted by Gasteiger charge is 2.18. The van der Waals surface area contributed by atoms with E-state index >= 15 is 0 Å². The van der Waals surface area contributed by atoms with Crippen molar-refractivity contribution < 1.29 is 19.7 Å². The molecule has 0 saturated carbocycles. The van der Waals surface area contributed by atoms with Gasteiger partial charge in [-0.2, -0.15) is 0 Å². The van der Waals surface area contributed by atoms with E-state index in [0.29, 0.717) is 24.4 Å². The molecule has 1 unspecified atom stereocenters. The number of aliphatic hydroxyl groups excluding tert-OH is 1. The van der Waals surface area contributed by atoms with Crippen LogP contribution in [0.5, 0.6) is 0 Å². The Morgan fingerprint density at radius 3 is 2.74 bits per heavy atom. The monoisotopic (exact) mass is 268 g/mol. The molecule has 1 aromatic rings. The van der Waals surface area contributed by atoms with Crippen LogP contribution in [-0.4, -0.2) is 47.5 Å². The molecule has 0 spiro atoms. The first-order valence-electron chi connectivity index (χ1n) is 6.07. The maximum atomic E-state index is 11.3. The van der Waals surface area contributed by atoms with Crippen LogP contribution in [0.2, 0.25) is 0 Å². The van der Waals surface area contributed by atoms with Crippen LogP contribution in [0.1, 0.15) is 28.0 Å². The number of anilines is 1. The number of carbonyl (C=O) groups is 1. The summed E-state index contributed by atoms with van der Waals surface area (Å²) in [5.74, 6) is -0.701. The van der Waals surface area contributed by atoms with Crippen molar-refractivity contribution in [2.75, 3.05) is 25.6 Å². The number of nitrogens with one attached hydrogen (secondary N) is 1. The van der Waals surface area contributed by atoms with Gasteiger partial charge in [-0.3, -0.25) is 0 Å². The molecular weight excluding hydrogens is 248 g/mol. The van der Waals surface area contributed by atoms with Crippen LogP contribution in [0.25, 0.3) is 0 Å². The van der Waals surface area contributed by atoms with Gasteiger partial charge in [0.05, 0.1) is 12.6 Å². The van der Waals surface area contributed by atoms with E-state index in [9.17, 15) is 9.90 Å². The number of aryl methyl sites for hydroxylation is 2. The van der Waals surface area contributed by atoms with Crippen molar-refractivity contribution in [2.24, 2.45) is 0 Å². The van der Waals surface area contributed by atoms with Crippen molar-refractivity contribution in [3.63, 3.8) is 0 Å². The average molecular weight is 268 g/mol. The highest BCUT2D eigenvalue weighted by Crippen LogP contribution is 2.20. The molecule has 1 aromatic heterocycles. The largest absolute Gasteiger partial charge is 0.478 e. The van der Waals surface area contributed by atoms with E-state index in [0.717, 1.165) is 5.69 Å². The van der Waals surface area contributed by atoms with Gasteiger partial charge in [-0.15, -0.1) is 0 Å². The molecule has 1 heterocycles. The standard InChI is InChI=1S/C13H20N2O4/c1-8-6-9(2)14-12(11(8)13(17)18)15-10(4-5-16)7-19-3/h6,10,16H,4-5,7H2,1-3H3,(H,14,15)(H,17,18). The van der Waals surface area contributed by atoms with Gasteiger partial charge < -0.3 is 20.3 Å². The number of aromatic carboxylic acids is 1. The second-order valence-corrected chi connectivity index (χ2v) is 4.42. The van der Waals surface area contributed by atoms with E-state index < -0.39 is 5.97 Å². The smallest absolute Gasteiger partial charge is 0.339 e. The Labute approximate surface area is 112 Å². The number of pyridine rings is 1. The van der Waals surface area contributed by atoms with Crippen molar-refractivity contribution in [3.8, 4) is 0 Å². The summed E-state index contributed by atoms with van der Waals surface area (Å²) < 4.78 is 5.04. The van der Waals surface area contributed by atoms with E-state index in [2.05, 4.69) is 10.3 Å². The normalized spacial score (nSPS) is 12.2. The third-order valence-electron chi connectivity index (χ3n) is 2.74. The number of rotatable bonds is 7. The third-order valence-corrected chi connectivity index (χ3v) is 2.74. The minimum absolute atomic E-state index is 0.00572. The Hall–Kier alpha value is -1.66. The molecule has 19 heavy (non-hydrogen) atoms. The van der Waals surface area contributed by atoms with Crippen LogP contribution in [-0.2, 0) is 4.74 Å². The van der Waals surface area contributed by atoms with Crippen LogP contribution in [0.3, 0.4) is 0 Å². The number of hydrogen-bond acceptors (Lipinski definition) is 5. The highest BCUT2D eigenvalue weighted by molar-refractivity contribution is 5.94. The predicted octanol–water partition coefficient (Wildman–Crippen LogP) is 1.21. The number of aromatic nitrogens is 1. The zero-order valence-electron chi connectivity index (χ0n) is 11.4. The van der Waals surface area contributed by atoms with Gasteiger partial charge in [0.1, 0.15) is 11.4 Å². The summed E-state index contributed by atoms with van der Waals surface area (Å²) in [7, 11) is 1.55. The summed E-state index contributed by atoms with van der Waals surface area (Å²) in [4.78, 5) is 15.5. The predicted molar refractivity (Wildman–Crippen MR) is 71.7 cm³/mol. The first-order valence-corrected chi connectivity index (χ1v) is 6.07. The summed E-state index contributed by atoms with van der Waals surface area (Å²) in [6, 6.07) is 1.55. The molecule has 0 aliphatic rings. The van der Waals surface area contributed by atoms with E-state index in [1.165, 1.54) is 0 Å². The molecular formula is C13H20N2O4. The fourth-order valence-electron chi connectivity index (χ4n) is 1.96. The second kappa shape index (κ2) is 7.06. The van der Waals surface area contributed by atoms with Gasteiger partial charge in [-0.05, 0) is 31.9 Å². The Kier molecular flexibility index (Phi) is 5.72. The zero-order valence-corrected chi connectivity index (χ0v) is 11.4.